The van der Waals surface area contributed by atoms with Crippen LogP contribution in [-0.2, 0) is 0 Å². The summed E-state index contributed by atoms with van der Waals surface area (Å²) in [7, 11) is 0. The van der Waals surface area contributed by atoms with E-state index in [2.05, 4.69) is 18.8 Å². The maximum absolute atomic E-state index is 5.80. The number of aromatic amines is 1. The summed E-state index contributed by atoms with van der Waals surface area (Å²) in [6.07, 6.45) is 3.27. The maximum Gasteiger partial charge on any atom is 0.163 e. The van der Waals surface area contributed by atoms with Crippen molar-refractivity contribution in [2.75, 3.05) is 13.2 Å². The molecule has 1 aliphatic rings. The van der Waals surface area contributed by atoms with Gasteiger partial charge < -0.3 is 20.2 Å². The summed E-state index contributed by atoms with van der Waals surface area (Å²) in [5.74, 6) is 3.01. The van der Waals surface area contributed by atoms with Crippen molar-refractivity contribution < 1.29 is 9.47 Å². The van der Waals surface area contributed by atoms with Crippen molar-refractivity contribution in [2.45, 2.75) is 45.1 Å². The molecular formula is C16H23N3O2. The minimum atomic E-state index is 0.272. The standard InChI is InChI=1S/C16H23N3O2/c1-10(4-3-5-11(2)17)16-18-12-8-14-15(9-13(12)19-16)21-7-6-20-14/h8-11H,3-7,17H2,1-2H3,(H,18,19). The lowest BCUT2D eigenvalue weighted by molar-refractivity contribution is 0.172. The molecule has 0 spiro atoms. The fourth-order valence-corrected chi connectivity index (χ4v) is 2.68. The second-order valence-electron chi connectivity index (χ2n) is 5.94. The smallest absolute Gasteiger partial charge is 0.163 e. The molecule has 0 amide bonds. The molecule has 1 aromatic heterocycles. The number of aromatic nitrogens is 2. The molecule has 0 saturated carbocycles. The lowest BCUT2D eigenvalue weighted by atomic mass is 10.0. The number of hydrogen-bond donors (Lipinski definition) is 2. The highest BCUT2D eigenvalue weighted by Gasteiger charge is 2.16. The van der Waals surface area contributed by atoms with Crippen molar-refractivity contribution in [1.29, 1.82) is 0 Å². The molecule has 21 heavy (non-hydrogen) atoms. The van der Waals surface area contributed by atoms with Crippen molar-refractivity contribution in [2.24, 2.45) is 5.73 Å². The van der Waals surface area contributed by atoms with Crippen LogP contribution < -0.4 is 15.2 Å². The Hall–Kier alpha value is -1.75. The second-order valence-corrected chi connectivity index (χ2v) is 5.94. The molecule has 0 bridgehead atoms. The topological polar surface area (TPSA) is 73.2 Å². The quantitative estimate of drug-likeness (QED) is 0.887. The van der Waals surface area contributed by atoms with Gasteiger partial charge >= 0.3 is 0 Å². The van der Waals surface area contributed by atoms with E-state index in [0.717, 1.165) is 47.6 Å². The third-order valence-electron chi connectivity index (χ3n) is 3.93. The van der Waals surface area contributed by atoms with Gasteiger partial charge in [-0.1, -0.05) is 13.3 Å². The zero-order valence-corrected chi connectivity index (χ0v) is 12.7. The molecule has 114 valence electrons. The number of hydrogen-bond acceptors (Lipinski definition) is 4. The van der Waals surface area contributed by atoms with E-state index < -0.39 is 0 Å². The van der Waals surface area contributed by atoms with Gasteiger partial charge in [-0.05, 0) is 19.8 Å². The van der Waals surface area contributed by atoms with E-state index in [1.54, 1.807) is 0 Å². The lowest BCUT2D eigenvalue weighted by Gasteiger charge is -2.17. The predicted molar refractivity (Wildman–Crippen MR) is 83.0 cm³/mol. The summed E-state index contributed by atoms with van der Waals surface area (Å²) in [5, 5.41) is 0. The lowest BCUT2D eigenvalue weighted by Crippen LogP contribution is -2.15. The van der Waals surface area contributed by atoms with Crippen LogP contribution in [0.15, 0.2) is 12.1 Å². The number of fused-ring (bicyclic) bond motifs is 2. The summed E-state index contributed by atoms with van der Waals surface area (Å²) in [6.45, 7) is 5.46. The first-order valence-corrected chi connectivity index (χ1v) is 7.68. The van der Waals surface area contributed by atoms with E-state index in [1.807, 2.05) is 12.1 Å². The van der Waals surface area contributed by atoms with Crippen LogP contribution in [0.1, 0.15) is 44.9 Å². The Morgan fingerprint density at radius 2 is 1.90 bits per heavy atom. The molecule has 1 aromatic carbocycles. The number of nitrogens with one attached hydrogen (secondary N) is 1. The Bertz CT molecular complexity index is 578. The van der Waals surface area contributed by atoms with Gasteiger partial charge in [-0.25, -0.2) is 4.98 Å². The molecule has 2 heterocycles. The fraction of sp³-hybridized carbons (Fsp3) is 0.562. The number of imidazole rings is 1. The number of nitrogens with zero attached hydrogens (tertiary/aromatic N) is 1. The van der Waals surface area contributed by atoms with Crippen molar-refractivity contribution in [3.05, 3.63) is 18.0 Å². The number of ether oxygens (including phenoxy) is 2. The third kappa shape index (κ3) is 3.13. The molecule has 1 aliphatic heterocycles. The van der Waals surface area contributed by atoms with Gasteiger partial charge in [0.05, 0.1) is 11.0 Å². The number of nitrogens with two attached hydrogens (primary N) is 1. The van der Waals surface area contributed by atoms with Crippen LogP contribution in [-0.4, -0.2) is 29.2 Å². The minimum Gasteiger partial charge on any atom is -0.486 e. The maximum atomic E-state index is 5.80. The number of H-pyrrole nitrogens is 1. The van der Waals surface area contributed by atoms with Crippen molar-refractivity contribution in [3.8, 4) is 11.5 Å². The normalized spacial score (nSPS) is 16.9. The molecule has 0 radical (unpaired) electrons. The first-order chi connectivity index (χ1) is 10.1. The summed E-state index contributed by atoms with van der Waals surface area (Å²) >= 11 is 0. The van der Waals surface area contributed by atoms with Gasteiger partial charge in [0.2, 0.25) is 0 Å². The zero-order chi connectivity index (χ0) is 14.8. The van der Waals surface area contributed by atoms with Crippen LogP contribution in [0.4, 0.5) is 0 Å². The summed E-state index contributed by atoms with van der Waals surface area (Å²) in [4.78, 5) is 8.10. The van der Waals surface area contributed by atoms with E-state index in [1.165, 1.54) is 0 Å². The van der Waals surface area contributed by atoms with Crippen LogP contribution >= 0.6 is 0 Å². The van der Waals surface area contributed by atoms with Gasteiger partial charge in [0.25, 0.3) is 0 Å². The number of rotatable bonds is 5. The molecule has 3 N–H and O–H groups in total. The number of benzene rings is 1. The molecule has 0 fully saturated rings. The molecular weight excluding hydrogens is 266 g/mol. The van der Waals surface area contributed by atoms with Crippen molar-refractivity contribution in [3.63, 3.8) is 0 Å². The van der Waals surface area contributed by atoms with Gasteiger partial charge in [0.1, 0.15) is 19.0 Å². The van der Waals surface area contributed by atoms with E-state index in [-0.39, 0.29) is 6.04 Å². The average Bonchev–Trinajstić information content (AvgIpc) is 2.87. The Balaban J connectivity index is 1.77. The molecule has 2 unspecified atom stereocenters. The van der Waals surface area contributed by atoms with Gasteiger partial charge in [-0.3, -0.25) is 0 Å². The SMILES string of the molecule is CC(N)CCCC(C)c1nc2cc3c(cc2[nH]1)OCCO3. The zero-order valence-electron chi connectivity index (χ0n) is 12.7. The predicted octanol–water partition coefficient (Wildman–Crippen LogP) is 2.96. The Labute approximate surface area is 124 Å². The van der Waals surface area contributed by atoms with Gasteiger partial charge in [-0.2, -0.15) is 0 Å². The van der Waals surface area contributed by atoms with Gasteiger partial charge in [-0.15, -0.1) is 0 Å². The van der Waals surface area contributed by atoms with E-state index in [9.17, 15) is 0 Å². The van der Waals surface area contributed by atoms with E-state index in [0.29, 0.717) is 19.1 Å². The van der Waals surface area contributed by atoms with Crippen LogP contribution in [0.5, 0.6) is 11.5 Å². The minimum absolute atomic E-state index is 0.272. The fourth-order valence-electron chi connectivity index (χ4n) is 2.68. The first kappa shape index (κ1) is 14.2. The molecule has 0 aliphatic carbocycles. The average molecular weight is 289 g/mol. The van der Waals surface area contributed by atoms with Crippen LogP contribution in [0.3, 0.4) is 0 Å². The van der Waals surface area contributed by atoms with Crippen LogP contribution in [0.25, 0.3) is 11.0 Å². The molecule has 2 aromatic rings. The van der Waals surface area contributed by atoms with Crippen molar-refractivity contribution >= 4 is 11.0 Å². The highest BCUT2D eigenvalue weighted by molar-refractivity contribution is 5.80. The highest BCUT2D eigenvalue weighted by Crippen LogP contribution is 2.34. The summed E-state index contributed by atoms with van der Waals surface area (Å²) in [6, 6.07) is 4.21. The van der Waals surface area contributed by atoms with Gasteiger partial charge in [0, 0.05) is 24.1 Å². The molecule has 2 atom stereocenters. The van der Waals surface area contributed by atoms with E-state index >= 15 is 0 Å². The first-order valence-electron chi connectivity index (χ1n) is 7.68. The van der Waals surface area contributed by atoms with Crippen LogP contribution in [0.2, 0.25) is 0 Å². The van der Waals surface area contributed by atoms with Crippen LogP contribution in [0, 0.1) is 0 Å². The Morgan fingerprint density at radius 3 is 2.62 bits per heavy atom. The largest absolute Gasteiger partial charge is 0.486 e. The highest BCUT2D eigenvalue weighted by atomic mass is 16.6. The monoisotopic (exact) mass is 289 g/mol. The summed E-state index contributed by atoms with van der Waals surface area (Å²) in [5.41, 5.74) is 7.74. The van der Waals surface area contributed by atoms with Crippen molar-refractivity contribution in [1.82, 2.24) is 9.97 Å². The van der Waals surface area contributed by atoms with E-state index in [4.69, 9.17) is 20.2 Å². The molecule has 5 heteroatoms. The second kappa shape index (κ2) is 5.93. The Morgan fingerprint density at radius 1 is 1.19 bits per heavy atom. The molecule has 0 saturated heterocycles. The molecule has 5 nitrogen and oxygen atoms in total. The third-order valence-corrected chi connectivity index (χ3v) is 3.93. The summed E-state index contributed by atoms with van der Waals surface area (Å²) < 4.78 is 11.2. The van der Waals surface area contributed by atoms with Gasteiger partial charge in [0.15, 0.2) is 11.5 Å². The Kier molecular flexibility index (Phi) is 4.01. The molecule has 3 rings (SSSR count).